The van der Waals surface area contributed by atoms with Crippen molar-refractivity contribution >= 4 is 28.3 Å². The lowest BCUT2D eigenvalue weighted by molar-refractivity contribution is 0.0949. The minimum Gasteiger partial charge on any atom is -0.347 e. The number of nitrogens with zero attached hydrogens (tertiary/aromatic N) is 2. The largest absolute Gasteiger partial charge is 0.347 e. The van der Waals surface area contributed by atoms with Gasteiger partial charge in [0.2, 0.25) is 0 Å². The van der Waals surface area contributed by atoms with Gasteiger partial charge in [0.1, 0.15) is 17.0 Å². The predicted octanol–water partition coefficient (Wildman–Crippen LogP) is 3.58. The standard InChI is InChI=1S/C21H16FN3O2S/c22-18-8-2-1-5-15(18)13-25-19-14(6-3-9-23-19)11-17(21(25)27)20(26)24-12-16-7-4-10-28-16/h1-11H,12-13H2,(H,24,26). The summed E-state index contributed by atoms with van der Waals surface area (Å²) in [5.74, 6) is -0.877. The molecule has 3 aromatic heterocycles. The number of benzene rings is 1. The number of rotatable bonds is 5. The first kappa shape index (κ1) is 18.1. The number of pyridine rings is 2. The number of fused-ring (bicyclic) bond motifs is 1. The van der Waals surface area contributed by atoms with E-state index in [1.807, 2.05) is 17.5 Å². The first-order valence-electron chi connectivity index (χ1n) is 8.66. The van der Waals surface area contributed by atoms with Gasteiger partial charge >= 0.3 is 0 Å². The van der Waals surface area contributed by atoms with Gasteiger partial charge in [-0.05, 0) is 35.7 Å². The van der Waals surface area contributed by atoms with Crippen molar-refractivity contribution in [2.75, 3.05) is 0 Å². The van der Waals surface area contributed by atoms with E-state index >= 15 is 0 Å². The van der Waals surface area contributed by atoms with Gasteiger partial charge in [-0.25, -0.2) is 9.37 Å². The number of halogens is 1. The summed E-state index contributed by atoms with van der Waals surface area (Å²) in [6, 6.07) is 15.1. The Balaban J connectivity index is 1.75. The molecule has 0 aliphatic rings. The maximum absolute atomic E-state index is 14.1. The number of nitrogens with one attached hydrogen (secondary N) is 1. The molecule has 1 amide bonds. The minimum atomic E-state index is -0.502. The Labute approximate surface area is 164 Å². The molecule has 0 aliphatic carbocycles. The van der Waals surface area contributed by atoms with Crippen molar-refractivity contribution in [1.29, 1.82) is 0 Å². The van der Waals surface area contributed by atoms with Crippen LogP contribution in [0.2, 0.25) is 0 Å². The molecule has 4 aromatic rings. The summed E-state index contributed by atoms with van der Waals surface area (Å²) in [6.07, 6.45) is 1.57. The molecule has 0 spiro atoms. The third-order valence-corrected chi connectivity index (χ3v) is 5.26. The molecule has 0 radical (unpaired) electrons. The molecule has 7 heteroatoms. The van der Waals surface area contributed by atoms with Crippen LogP contribution in [-0.2, 0) is 13.1 Å². The molecule has 1 aromatic carbocycles. The summed E-state index contributed by atoms with van der Waals surface area (Å²) >= 11 is 1.52. The number of carbonyl (C=O) groups is 1. The summed E-state index contributed by atoms with van der Waals surface area (Å²) < 4.78 is 15.5. The van der Waals surface area contributed by atoms with Gasteiger partial charge in [0.05, 0.1) is 13.1 Å². The Morgan fingerprint density at radius 2 is 2.00 bits per heavy atom. The van der Waals surface area contributed by atoms with E-state index in [9.17, 15) is 14.0 Å². The molecule has 0 atom stereocenters. The lowest BCUT2D eigenvalue weighted by atomic mass is 10.1. The van der Waals surface area contributed by atoms with Gasteiger partial charge in [0.15, 0.2) is 0 Å². The van der Waals surface area contributed by atoms with Crippen molar-refractivity contribution in [2.24, 2.45) is 0 Å². The molecular weight excluding hydrogens is 377 g/mol. The molecule has 4 rings (SSSR count). The van der Waals surface area contributed by atoms with Crippen LogP contribution in [-0.4, -0.2) is 15.5 Å². The second-order valence-corrected chi connectivity index (χ2v) is 7.25. The minimum absolute atomic E-state index is 0.00777. The van der Waals surface area contributed by atoms with Crippen molar-refractivity contribution in [3.8, 4) is 0 Å². The van der Waals surface area contributed by atoms with Crippen LogP contribution in [0.5, 0.6) is 0 Å². The summed E-state index contributed by atoms with van der Waals surface area (Å²) in [7, 11) is 0. The quantitative estimate of drug-likeness (QED) is 0.564. The van der Waals surface area contributed by atoms with Crippen molar-refractivity contribution in [3.05, 3.63) is 98.3 Å². The third-order valence-electron chi connectivity index (χ3n) is 4.38. The van der Waals surface area contributed by atoms with Gasteiger partial charge < -0.3 is 5.32 Å². The number of thiophene rings is 1. The molecular formula is C21H16FN3O2S. The highest BCUT2D eigenvalue weighted by Crippen LogP contribution is 2.15. The van der Waals surface area contributed by atoms with E-state index in [1.165, 1.54) is 28.0 Å². The SMILES string of the molecule is O=C(NCc1cccs1)c1cc2cccnc2n(Cc2ccccc2F)c1=O. The second-order valence-electron chi connectivity index (χ2n) is 6.22. The fourth-order valence-electron chi connectivity index (χ4n) is 2.99. The molecule has 0 saturated carbocycles. The highest BCUT2D eigenvalue weighted by atomic mass is 32.1. The normalized spacial score (nSPS) is 10.9. The van der Waals surface area contributed by atoms with Crippen LogP contribution < -0.4 is 10.9 Å². The number of hydrogen-bond donors (Lipinski definition) is 1. The zero-order chi connectivity index (χ0) is 19.5. The lowest BCUT2D eigenvalue weighted by Gasteiger charge is -2.13. The van der Waals surface area contributed by atoms with E-state index in [0.29, 0.717) is 23.1 Å². The summed E-state index contributed by atoms with van der Waals surface area (Å²) in [6.45, 7) is 0.333. The Kier molecular flexibility index (Phi) is 4.99. The van der Waals surface area contributed by atoms with Gasteiger partial charge in [0, 0.05) is 22.0 Å². The van der Waals surface area contributed by atoms with Crippen molar-refractivity contribution in [1.82, 2.24) is 14.9 Å². The number of aromatic nitrogens is 2. The Hall–Kier alpha value is -3.32. The number of amides is 1. The Morgan fingerprint density at radius 1 is 1.14 bits per heavy atom. The zero-order valence-electron chi connectivity index (χ0n) is 14.8. The first-order valence-corrected chi connectivity index (χ1v) is 9.54. The van der Waals surface area contributed by atoms with E-state index in [4.69, 9.17) is 0 Å². The fourth-order valence-corrected chi connectivity index (χ4v) is 3.63. The average Bonchev–Trinajstić information content (AvgIpc) is 3.23. The number of hydrogen-bond acceptors (Lipinski definition) is 4. The number of carbonyl (C=O) groups excluding carboxylic acids is 1. The van der Waals surface area contributed by atoms with Crippen molar-refractivity contribution in [3.63, 3.8) is 0 Å². The molecule has 28 heavy (non-hydrogen) atoms. The van der Waals surface area contributed by atoms with Crippen LogP contribution in [0.3, 0.4) is 0 Å². The fraction of sp³-hybridized carbons (Fsp3) is 0.0952. The van der Waals surface area contributed by atoms with E-state index < -0.39 is 17.3 Å². The summed E-state index contributed by atoms with van der Waals surface area (Å²) in [4.78, 5) is 31.0. The molecule has 0 saturated heterocycles. The van der Waals surface area contributed by atoms with Gasteiger partial charge in [-0.1, -0.05) is 24.3 Å². The second kappa shape index (κ2) is 7.74. The molecule has 0 fully saturated rings. The van der Waals surface area contributed by atoms with Gasteiger partial charge in [0.25, 0.3) is 11.5 Å². The lowest BCUT2D eigenvalue weighted by Crippen LogP contribution is -2.33. The maximum atomic E-state index is 14.1. The molecule has 0 bridgehead atoms. The van der Waals surface area contributed by atoms with Crippen LogP contribution in [0, 0.1) is 5.82 Å². The molecule has 1 N–H and O–H groups in total. The smallest absolute Gasteiger partial charge is 0.265 e. The van der Waals surface area contributed by atoms with E-state index in [-0.39, 0.29) is 12.1 Å². The third kappa shape index (κ3) is 3.57. The van der Waals surface area contributed by atoms with E-state index in [2.05, 4.69) is 10.3 Å². The Morgan fingerprint density at radius 3 is 2.79 bits per heavy atom. The van der Waals surface area contributed by atoms with E-state index in [0.717, 1.165) is 4.88 Å². The molecule has 140 valence electrons. The van der Waals surface area contributed by atoms with E-state index in [1.54, 1.807) is 36.5 Å². The van der Waals surface area contributed by atoms with Gasteiger partial charge in [-0.15, -0.1) is 11.3 Å². The van der Waals surface area contributed by atoms with Crippen LogP contribution >= 0.6 is 11.3 Å². The first-order chi connectivity index (χ1) is 13.6. The van der Waals surface area contributed by atoms with Crippen molar-refractivity contribution in [2.45, 2.75) is 13.1 Å². The predicted molar refractivity (Wildman–Crippen MR) is 107 cm³/mol. The van der Waals surface area contributed by atoms with Crippen LogP contribution in [0.4, 0.5) is 4.39 Å². The maximum Gasteiger partial charge on any atom is 0.265 e. The highest BCUT2D eigenvalue weighted by molar-refractivity contribution is 7.09. The summed E-state index contributed by atoms with van der Waals surface area (Å²) in [5, 5.41) is 5.33. The monoisotopic (exact) mass is 393 g/mol. The zero-order valence-corrected chi connectivity index (χ0v) is 15.6. The average molecular weight is 393 g/mol. The van der Waals surface area contributed by atoms with Crippen molar-refractivity contribution < 1.29 is 9.18 Å². The van der Waals surface area contributed by atoms with Crippen LogP contribution in [0.1, 0.15) is 20.8 Å². The topological polar surface area (TPSA) is 64.0 Å². The van der Waals surface area contributed by atoms with Crippen LogP contribution in [0.15, 0.2) is 71.0 Å². The van der Waals surface area contributed by atoms with Gasteiger partial charge in [-0.3, -0.25) is 14.2 Å². The molecule has 0 aliphatic heterocycles. The van der Waals surface area contributed by atoms with Crippen LogP contribution in [0.25, 0.3) is 11.0 Å². The molecule has 5 nitrogen and oxygen atoms in total. The highest BCUT2D eigenvalue weighted by Gasteiger charge is 2.17. The summed E-state index contributed by atoms with van der Waals surface area (Å²) in [5.41, 5.74) is 0.268. The molecule has 0 unspecified atom stereocenters. The molecule has 3 heterocycles. The Bertz CT molecular complexity index is 1200. The van der Waals surface area contributed by atoms with Gasteiger partial charge in [-0.2, -0.15) is 0 Å².